The molecule has 242 valence electrons. The number of fused-ring (bicyclic) bond motifs is 1. The van der Waals surface area contributed by atoms with Crippen molar-refractivity contribution in [1.82, 2.24) is 15.5 Å². The number of esters is 1. The van der Waals surface area contributed by atoms with Gasteiger partial charge in [-0.15, -0.1) is 0 Å². The molecular formula is C37H43N3O6. The second-order valence-electron chi connectivity index (χ2n) is 11.7. The van der Waals surface area contributed by atoms with Crippen molar-refractivity contribution in [1.29, 1.82) is 0 Å². The van der Waals surface area contributed by atoms with E-state index in [-0.39, 0.29) is 38.0 Å². The van der Waals surface area contributed by atoms with Gasteiger partial charge in [-0.3, -0.25) is 9.69 Å². The topological polar surface area (TPSA) is 109 Å². The van der Waals surface area contributed by atoms with E-state index in [4.69, 9.17) is 14.2 Å². The summed E-state index contributed by atoms with van der Waals surface area (Å²) in [7, 11) is 2.13. The lowest BCUT2D eigenvalue weighted by Crippen LogP contribution is -2.39. The molecule has 0 bridgehead atoms. The summed E-state index contributed by atoms with van der Waals surface area (Å²) in [6, 6.07) is 30.4. The zero-order chi connectivity index (χ0) is 32.5. The van der Waals surface area contributed by atoms with Crippen molar-refractivity contribution >= 4 is 22.8 Å². The number of aliphatic hydroxyl groups excluding tert-OH is 1. The van der Waals surface area contributed by atoms with Crippen LogP contribution in [0.1, 0.15) is 66.5 Å². The Kier molecular flexibility index (Phi) is 11.4. The summed E-state index contributed by atoms with van der Waals surface area (Å²) in [5.41, 5.74) is 4.91. The van der Waals surface area contributed by atoms with Crippen molar-refractivity contribution in [2.75, 3.05) is 26.7 Å². The number of nitrogens with one attached hydrogen (secondary N) is 2. The van der Waals surface area contributed by atoms with Gasteiger partial charge < -0.3 is 30.0 Å². The molecule has 2 amide bonds. The molecule has 4 atom stereocenters. The molecule has 4 unspecified atom stereocenters. The van der Waals surface area contributed by atoms with Crippen LogP contribution in [0, 0.1) is 0 Å². The van der Waals surface area contributed by atoms with Gasteiger partial charge in [-0.05, 0) is 60.0 Å². The van der Waals surface area contributed by atoms with Crippen LogP contribution in [-0.2, 0) is 32.2 Å². The molecule has 1 aliphatic heterocycles. The van der Waals surface area contributed by atoms with Crippen LogP contribution in [0.15, 0.2) is 91.0 Å². The molecule has 5 rings (SSSR count). The Balaban J connectivity index is 1.26. The molecule has 0 aliphatic carbocycles. The maximum absolute atomic E-state index is 12.1. The summed E-state index contributed by atoms with van der Waals surface area (Å²) in [6.07, 6.45) is -0.184. The minimum Gasteiger partial charge on any atom is -0.465 e. The lowest BCUT2D eigenvalue weighted by molar-refractivity contribution is -0.253. The van der Waals surface area contributed by atoms with Gasteiger partial charge >= 0.3 is 12.0 Å². The van der Waals surface area contributed by atoms with Gasteiger partial charge in [-0.2, -0.15) is 0 Å². The smallest absolute Gasteiger partial charge is 0.325 e. The highest BCUT2D eigenvalue weighted by Gasteiger charge is 2.33. The zero-order valence-corrected chi connectivity index (χ0v) is 26.6. The Morgan fingerprint density at radius 3 is 2.33 bits per heavy atom. The van der Waals surface area contributed by atoms with Crippen LogP contribution < -0.4 is 10.6 Å². The van der Waals surface area contributed by atoms with Gasteiger partial charge in [0.25, 0.3) is 0 Å². The third-order valence-electron chi connectivity index (χ3n) is 8.43. The monoisotopic (exact) mass is 625 g/mol. The maximum atomic E-state index is 12.1. The van der Waals surface area contributed by atoms with Crippen LogP contribution in [-0.4, -0.2) is 54.9 Å². The van der Waals surface area contributed by atoms with E-state index < -0.39 is 18.3 Å². The zero-order valence-electron chi connectivity index (χ0n) is 26.6. The van der Waals surface area contributed by atoms with E-state index in [1.165, 1.54) is 16.3 Å². The fourth-order valence-electron chi connectivity index (χ4n) is 5.64. The Hall–Kier alpha value is -4.28. The maximum Gasteiger partial charge on any atom is 0.325 e. The molecule has 1 heterocycles. The van der Waals surface area contributed by atoms with Gasteiger partial charge in [-0.1, -0.05) is 84.9 Å². The van der Waals surface area contributed by atoms with Crippen molar-refractivity contribution in [3.63, 3.8) is 0 Å². The number of carbonyl (C=O) groups is 2. The SMILES string of the molecule is CCOC(=O)CNC(=O)NCc1ccc(C2OC(CN(C)C(C)c3ccc4ccccc4c3)CC(c3ccc(CO)cc3)O2)cc1. The summed E-state index contributed by atoms with van der Waals surface area (Å²) in [6.45, 7) is 5.01. The average molecular weight is 626 g/mol. The molecule has 0 spiro atoms. The second kappa shape index (κ2) is 15.8. The Morgan fingerprint density at radius 2 is 1.61 bits per heavy atom. The van der Waals surface area contributed by atoms with E-state index in [9.17, 15) is 14.7 Å². The van der Waals surface area contributed by atoms with Gasteiger partial charge in [-0.25, -0.2) is 4.79 Å². The molecule has 0 radical (unpaired) electrons. The first-order valence-electron chi connectivity index (χ1n) is 15.8. The highest BCUT2D eigenvalue weighted by Crippen LogP contribution is 2.38. The molecule has 3 N–H and O–H groups in total. The molecule has 1 aliphatic rings. The Bertz CT molecular complexity index is 1590. The first kappa shape index (κ1) is 33.1. The summed E-state index contributed by atoms with van der Waals surface area (Å²) < 4.78 is 17.9. The first-order chi connectivity index (χ1) is 22.3. The standard InChI is InChI=1S/C37H43N3O6/c1-4-44-35(42)22-39-37(43)38-21-26-9-15-30(16-10-26)36-45-33(20-34(46-36)29-13-11-27(24-41)12-14-29)23-40(3)25(2)31-18-17-28-7-5-6-8-32(28)19-31/h5-19,25,33-34,36,41H,4,20-24H2,1-3H3,(H2,38,39,43). The number of aliphatic hydroxyl groups is 1. The van der Waals surface area contributed by atoms with E-state index in [0.29, 0.717) is 19.5 Å². The van der Waals surface area contributed by atoms with Crippen molar-refractivity contribution in [2.24, 2.45) is 0 Å². The second-order valence-corrected chi connectivity index (χ2v) is 11.7. The van der Waals surface area contributed by atoms with Crippen molar-refractivity contribution in [3.8, 4) is 0 Å². The summed E-state index contributed by atoms with van der Waals surface area (Å²) in [5.74, 6) is -0.482. The predicted octanol–water partition coefficient (Wildman–Crippen LogP) is 5.93. The quantitative estimate of drug-likeness (QED) is 0.167. The molecule has 0 aromatic heterocycles. The van der Waals surface area contributed by atoms with E-state index >= 15 is 0 Å². The molecule has 0 saturated carbocycles. The molecule has 9 heteroatoms. The highest BCUT2D eigenvalue weighted by molar-refractivity contribution is 5.83. The van der Waals surface area contributed by atoms with Crippen molar-refractivity contribution in [2.45, 2.75) is 58.0 Å². The number of ether oxygens (including phenoxy) is 3. The van der Waals surface area contributed by atoms with E-state index in [1.54, 1.807) is 6.92 Å². The van der Waals surface area contributed by atoms with Gasteiger partial charge in [0.05, 0.1) is 25.4 Å². The molecule has 1 fully saturated rings. The largest absolute Gasteiger partial charge is 0.465 e. The van der Waals surface area contributed by atoms with Crippen molar-refractivity contribution < 1.29 is 28.9 Å². The Morgan fingerprint density at radius 1 is 0.913 bits per heavy atom. The number of benzene rings is 4. The van der Waals surface area contributed by atoms with Crippen LogP contribution in [0.25, 0.3) is 10.8 Å². The molecule has 1 saturated heterocycles. The highest BCUT2D eigenvalue weighted by atomic mass is 16.7. The lowest BCUT2D eigenvalue weighted by Gasteiger charge is -2.39. The average Bonchev–Trinajstić information content (AvgIpc) is 3.09. The van der Waals surface area contributed by atoms with Crippen LogP contribution in [0.2, 0.25) is 0 Å². The molecular weight excluding hydrogens is 582 g/mol. The predicted molar refractivity (Wildman–Crippen MR) is 177 cm³/mol. The van der Waals surface area contributed by atoms with Crippen molar-refractivity contribution in [3.05, 3.63) is 119 Å². The molecule has 46 heavy (non-hydrogen) atoms. The van der Waals surface area contributed by atoms with Gasteiger partial charge in [0.15, 0.2) is 6.29 Å². The third-order valence-corrected chi connectivity index (χ3v) is 8.43. The van der Waals surface area contributed by atoms with E-state index in [0.717, 1.165) is 22.3 Å². The fraction of sp³-hybridized carbons (Fsp3) is 0.351. The molecule has 9 nitrogen and oxygen atoms in total. The van der Waals surface area contributed by atoms with E-state index in [2.05, 4.69) is 72.0 Å². The minimum atomic E-state index is -0.583. The number of hydrogen-bond acceptors (Lipinski definition) is 7. The summed E-state index contributed by atoms with van der Waals surface area (Å²) in [5, 5.41) is 17.2. The Labute approximate surface area is 270 Å². The van der Waals surface area contributed by atoms with Crippen LogP contribution in [0.3, 0.4) is 0 Å². The minimum absolute atomic E-state index is 0.00805. The van der Waals surface area contributed by atoms with Gasteiger partial charge in [0.2, 0.25) is 0 Å². The molecule has 4 aromatic rings. The summed E-state index contributed by atoms with van der Waals surface area (Å²) >= 11 is 0. The summed E-state index contributed by atoms with van der Waals surface area (Å²) in [4.78, 5) is 25.9. The van der Waals surface area contributed by atoms with Crippen LogP contribution in [0.4, 0.5) is 4.79 Å². The number of likely N-dealkylation sites (N-methyl/N-ethyl adjacent to an activating group) is 1. The molecule has 4 aromatic carbocycles. The van der Waals surface area contributed by atoms with Gasteiger partial charge in [0.1, 0.15) is 6.54 Å². The van der Waals surface area contributed by atoms with Crippen LogP contribution >= 0.6 is 0 Å². The fourth-order valence-corrected chi connectivity index (χ4v) is 5.64. The van der Waals surface area contributed by atoms with E-state index in [1.807, 2.05) is 48.5 Å². The first-order valence-corrected chi connectivity index (χ1v) is 15.8. The normalized spacial score (nSPS) is 18.7. The number of rotatable bonds is 12. The number of carbonyl (C=O) groups excluding carboxylic acids is 2. The number of urea groups is 1. The number of nitrogens with zero attached hydrogens (tertiary/aromatic N) is 1. The number of hydrogen-bond donors (Lipinski definition) is 3. The third kappa shape index (κ3) is 8.70. The lowest BCUT2D eigenvalue weighted by atomic mass is 9.98. The number of amides is 2. The van der Waals surface area contributed by atoms with Gasteiger partial charge in [0, 0.05) is 31.1 Å². The van der Waals surface area contributed by atoms with Crippen LogP contribution in [0.5, 0.6) is 0 Å².